The molecular weight excluding hydrogens is 339 g/mol. The fraction of sp³-hybridized carbons (Fsp3) is 0.579. The molecule has 1 heterocycles. The Kier molecular flexibility index (Phi) is 6.45. The van der Waals surface area contributed by atoms with Crippen LogP contribution in [0.1, 0.15) is 26.3 Å². The lowest BCUT2D eigenvalue weighted by Crippen LogP contribution is -2.37. The smallest absolute Gasteiger partial charge is 0.410 e. The first-order valence-electron chi connectivity index (χ1n) is 8.69. The van der Waals surface area contributed by atoms with Crippen LogP contribution in [0.15, 0.2) is 30.3 Å². The van der Waals surface area contributed by atoms with Gasteiger partial charge in [-0.05, 0) is 26.3 Å². The van der Waals surface area contributed by atoms with E-state index in [0.717, 1.165) is 5.56 Å². The second kappa shape index (κ2) is 8.38. The maximum atomic E-state index is 14.3. The van der Waals surface area contributed by atoms with Crippen molar-refractivity contribution in [2.24, 2.45) is 5.92 Å². The van der Waals surface area contributed by atoms with E-state index < -0.39 is 29.9 Å². The summed E-state index contributed by atoms with van der Waals surface area (Å²) in [5.74, 6) is -0.461. The highest BCUT2D eigenvalue weighted by atomic mass is 19.1. The van der Waals surface area contributed by atoms with Crippen LogP contribution >= 0.6 is 0 Å². The number of benzene rings is 1. The number of ether oxygens (including phenoxy) is 2. The summed E-state index contributed by atoms with van der Waals surface area (Å²) in [5, 5.41) is 0. The van der Waals surface area contributed by atoms with E-state index in [9.17, 15) is 14.0 Å². The van der Waals surface area contributed by atoms with E-state index in [0.29, 0.717) is 0 Å². The first kappa shape index (κ1) is 20.0. The normalized spacial score (nSPS) is 20.0. The molecule has 2 amide bonds. The lowest BCUT2D eigenvalue weighted by atomic mass is 10.1. The molecule has 0 radical (unpaired) electrons. The van der Waals surface area contributed by atoms with Gasteiger partial charge < -0.3 is 19.3 Å². The summed E-state index contributed by atoms with van der Waals surface area (Å²) >= 11 is 0. The molecular formula is C19H27FN2O4. The lowest BCUT2D eigenvalue weighted by molar-refractivity contribution is 0.0280. The van der Waals surface area contributed by atoms with Crippen molar-refractivity contribution >= 4 is 12.2 Å². The second-order valence-electron chi connectivity index (χ2n) is 7.58. The molecule has 6 nitrogen and oxygen atoms in total. The Morgan fingerprint density at radius 2 is 1.88 bits per heavy atom. The molecule has 0 spiro atoms. The van der Waals surface area contributed by atoms with Crippen LogP contribution in [0, 0.1) is 5.92 Å². The summed E-state index contributed by atoms with van der Waals surface area (Å²) in [6.07, 6.45) is -2.25. The third kappa shape index (κ3) is 5.89. The largest absolute Gasteiger partial charge is 0.445 e. The Bertz CT molecular complexity index is 618. The quantitative estimate of drug-likeness (QED) is 0.819. The zero-order valence-corrected chi connectivity index (χ0v) is 15.8. The zero-order valence-electron chi connectivity index (χ0n) is 15.8. The molecule has 1 fully saturated rings. The molecule has 0 N–H and O–H groups in total. The molecule has 1 aromatic rings. The van der Waals surface area contributed by atoms with Crippen molar-refractivity contribution in [3.05, 3.63) is 35.9 Å². The standard InChI is InChI=1S/C19H27FN2O4/c1-19(2,3)26-18(24)22-11-15(16(20)12-22)10-21(4)17(23)25-13-14-8-6-5-7-9-14/h5-9,15-16H,10-13H2,1-4H3/t15-,16+/m0/s1. The number of carbonyl (C=O) groups is 2. The summed E-state index contributed by atoms with van der Waals surface area (Å²) in [6.45, 7) is 5.83. The van der Waals surface area contributed by atoms with Crippen LogP contribution in [0.2, 0.25) is 0 Å². The number of rotatable bonds is 4. The third-order valence-electron chi connectivity index (χ3n) is 4.04. The highest BCUT2D eigenvalue weighted by molar-refractivity contribution is 5.69. The number of amides is 2. The van der Waals surface area contributed by atoms with Gasteiger partial charge in [-0.15, -0.1) is 0 Å². The first-order valence-corrected chi connectivity index (χ1v) is 8.69. The number of nitrogens with zero attached hydrogens (tertiary/aromatic N) is 2. The summed E-state index contributed by atoms with van der Waals surface area (Å²) in [4.78, 5) is 26.8. The summed E-state index contributed by atoms with van der Waals surface area (Å²) in [6, 6.07) is 9.34. The molecule has 0 saturated carbocycles. The minimum atomic E-state index is -1.20. The van der Waals surface area contributed by atoms with Crippen LogP contribution in [0.4, 0.5) is 14.0 Å². The van der Waals surface area contributed by atoms with E-state index in [4.69, 9.17) is 9.47 Å². The van der Waals surface area contributed by atoms with Gasteiger partial charge in [-0.3, -0.25) is 0 Å². The monoisotopic (exact) mass is 366 g/mol. The van der Waals surface area contributed by atoms with Gasteiger partial charge in [-0.25, -0.2) is 14.0 Å². The number of hydrogen-bond donors (Lipinski definition) is 0. The molecule has 0 aromatic heterocycles. The van der Waals surface area contributed by atoms with Gasteiger partial charge in [-0.1, -0.05) is 30.3 Å². The Balaban J connectivity index is 1.81. The van der Waals surface area contributed by atoms with E-state index in [1.165, 1.54) is 9.80 Å². The predicted molar refractivity (Wildman–Crippen MR) is 95.5 cm³/mol. The molecule has 1 saturated heterocycles. The van der Waals surface area contributed by atoms with Crippen LogP contribution in [-0.4, -0.2) is 60.4 Å². The number of carbonyl (C=O) groups excluding carboxylic acids is 2. The fourth-order valence-electron chi connectivity index (χ4n) is 2.74. The van der Waals surface area contributed by atoms with Crippen LogP contribution in [0.25, 0.3) is 0 Å². The SMILES string of the molecule is CN(C[C@H]1CN(C(=O)OC(C)(C)C)C[C@H]1F)C(=O)OCc1ccccc1. The van der Waals surface area contributed by atoms with Gasteiger partial charge in [0.15, 0.2) is 0 Å². The Morgan fingerprint density at radius 1 is 1.23 bits per heavy atom. The maximum Gasteiger partial charge on any atom is 0.410 e. The van der Waals surface area contributed by atoms with Crippen LogP contribution in [0.5, 0.6) is 0 Å². The minimum absolute atomic E-state index is 0.0213. The molecule has 1 aliphatic rings. The molecule has 0 unspecified atom stereocenters. The summed E-state index contributed by atoms with van der Waals surface area (Å²) in [5.41, 5.74) is 0.258. The molecule has 0 aliphatic carbocycles. The van der Waals surface area contributed by atoms with Crippen molar-refractivity contribution in [1.29, 1.82) is 0 Å². The highest BCUT2D eigenvalue weighted by Gasteiger charge is 2.38. The average Bonchev–Trinajstić information content (AvgIpc) is 2.93. The van der Waals surface area contributed by atoms with E-state index in [1.807, 2.05) is 30.3 Å². The van der Waals surface area contributed by atoms with E-state index in [1.54, 1.807) is 27.8 Å². The van der Waals surface area contributed by atoms with E-state index in [2.05, 4.69) is 0 Å². The fourth-order valence-corrected chi connectivity index (χ4v) is 2.74. The van der Waals surface area contributed by atoms with Crippen LogP contribution < -0.4 is 0 Å². The molecule has 7 heteroatoms. The molecule has 2 rings (SSSR count). The number of hydrogen-bond acceptors (Lipinski definition) is 4. The predicted octanol–water partition coefficient (Wildman–Crippen LogP) is 3.46. The summed E-state index contributed by atoms with van der Waals surface area (Å²) in [7, 11) is 1.57. The Labute approximate surface area is 153 Å². The Hall–Kier alpha value is -2.31. The van der Waals surface area contributed by atoms with Crippen molar-refractivity contribution in [2.45, 2.75) is 39.2 Å². The van der Waals surface area contributed by atoms with E-state index in [-0.39, 0.29) is 26.2 Å². The third-order valence-corrected chi connectivity index (χ3v) is 4.04. The average molecular weight is 366 g/mol. The maximum absolute atomic E-state index is 14.3. The second-order valence-corrected chi connectivity index (χ2v) is 7.58. The number of halogens is 1. The minimum Gasteiger partial charge on any atom is -0.445 e. The van der Waals surface area contributed by atoms with Gasteiger partial charge in [0.25, 0.3) is 0 Å². The van der Waals surface area contributed by atoms with E-state index >= 15 is 0 Å². The number of likely N-dealkylation sites (tertiary alicyclic amines) is 1. The summed E-state index contributed by atoms with van der Waals surface area (Å²) < 4.78 is 24.8. The molecule has 1 aromatic carbocycles. The van der Waals surface area contributed by atoms with Gasteiger partial charge in [-0.2, -0.15) is 0 Å². The van der Waals surface area contributed by atoms with Crippen molar-refractivity contribution in [2.75, 3.05) is 26.7 Å². The van der Waals surface area contributed by atoms with Crippen LogP contribution in [0.3, 0.4) is 0 Å². The van der Waals surface area contributed by atoms with Crippen LogP contribution in [-0.2, 0) is 16.1 Å². The lowest BCUT2D eigenvalue weighted by Gasteiger charge is -2.24. The molecule has 2 atom stereocenters. The van der Waals surface area contributed by atoms with Gasteiger partial charge >= 0.3 is 12.2 Å². The van der Waals surface area contributed by atoms with Gasteiger partial charge in [0.1, 0.15) is 18.4 Å². The molecule has 1 aliphatic heterocycles. The highest BCUT2D eigenvalue weighted by Crippen LogP contribution is 2.23. The van der Waals surface area contributed by atoms with Gasteiger partial charge in [0, 0.05) is 26.1 Å². The van der Waals surface area contributed by atoms with Crippen molar-refractivity contribution in [1.82, 2.24) is 9.80 Å². The topological polar surface area (TPSA) is 59.1 Å². The first-order chi connectivity index (χ1) is 12.2. The van der Waals surface area contributed by atoms with Crippen molar-refractivity contribution in [3.8, 4) is 0 Å². The zero-order chi connectivity index (χ0) is 19.3. The number of alkyl halides is 1. The van der Waals surface area contributed by atoms with Crippen molar-refractivity contribution < 1.29 is 23.5 Å². The van der Waals surface area contributed by atoms with Gasteiger partial charge in [0.2, 0.25) is 0 Å². The molecule has 144 valence electrons. The molecule has 0 bridgehead atoms. The van der Waals surface area contributed by atoms with Gasteiger partial charge in [0.05, 0.1) is 6.54 Å². The van der Waals surface area contributed by atoms with Crippen molar-refractivity contribution in [3.63, 3.8) is 0 Å². The molecule has 26 heavy (non-hydrogen) atoms. The Morgan fingerprint density at radius 3 is 2.50 bits per heavy atom.